The molecule has 1 heterocycles. The molecule has 7 amide bonds. The molecule has 0 radical (unpaired) electrons. The van der Waals surface area contributed by atoms with Gasteiger partial charge >= 0.3 is 5.97 Å². The molecule has 0 aromatic heterocycles. The number of carboxylic acids is 1. The summed E-state index contributed by atoms with van der Waals surface area (Å²) in [4.78, 5) is 102. The van der Waals surface area contributed by atoms with Crippen molar-refractivity contribution in [2.24, 2.45) is 22.2 Å². The van der Waals surface area contributed by atoms with Crippen LogP contribution in [0.3, 0.4) is 0 Å². The molecule has 1 aliphatic rings. The molecule has 0 aliphatic carbocycles. The Hall–Kier alpha value is -5.01. The minimum absolute atomic E-state index is 0.0578. The van der Waals surface area contributed by atoms with Crippen molar-refractivity contribution in [3.05, 3.63) is 0 Å². The molecule has 1 saturated heterocycles. The Bertz CT molecular complexity index is 1140. The van der Waals surface area contributed by atoms with Crippen LogP contribution in [0.1, 0.15) is 39.5 Å². The first-order valence-electron chi connectivity index (χ1n) is 14.1. The van der Waals surface area contributed by atoms with Crippen molar-refractivity contribution in [1.29, 1.82) is 0 Å². The molecular weight excluding hydrogens is 598 g/mol. The maximum absolute atomic E-state index is 12.9. The Labute approximate surface area is 259 Å². The number of guanidine groups is 1. The Morgan fingerprint density at radius 3 is 1.93 bits per heavy atom. The smallest absolute Gasteiger partial charge is 0.322 e. The number of hydrogen-bond donors (Lipinski definition) is 10. The van der Waals surface area contributed by atoms with Gasteiger partial charge in [-0.25, -0.2) is 0 Å². The minimum atomic E-state index is -1.26. The molecule has 0 unspecified atom stereocenters. The van der Waals surface area contributed by atoms with Crippen LogP contribution in [-0.4, -0.2) is 127 Å². The monoisotopic (exact) mass is 641 g/mol. The van der Waals surface area contributed by atoms with Crippen LogP contribution in [-0.2, 0) is 38.4 Å². The second-order valence-corrected chi connectivity index (χ2v) is 10.2. The van der Waals surface area contributed by atoms with Crippen LogP contribution < -0.4 is 49.1 Å². The van der Waals surface area contributed by atoms with Gasteiger partial charge in [0.1, 0.15) is 24.7 Å². The van der Waals surface area contributed by atoms with E-state index < -0.39 is 91.8 Å². The van der Waals surface area contributed by atoms with Crippen molar-refractivity contribution in [2.45, 2.75) is 63.7 Å². The van der Waals surface area contributed by atoms with Crippen LogP contribution in [0.5, 0.6) is 0 Å². The summed E-state index contributed by atoms with van der Waals surface area (Å²) in [5.41, 5.74) is 16.3. The zero-order valence-electron chi connectivity index (χ0n) is 25.2. The number of nitrogens with one attached hydrogen (secondary N) is 6. The van der Waals surface area contributed by atoms with E-state index in [0.29, 0.717) is 19.4 Å². The van der Waals surface area contributed by atoms with E-state index in [1.807, 2.05) is 5.32 Å². The van der Waals surface area contributed by atoms with Gasteiger partial charge in [-0.1, -0.05) is 0 Å². The maximum Gasteiger partial charge on any atom is 0.322 e. The van der Waals surface area contributed by atoms with E-state index in [0.717, 1.165) is 0 Å². The lowest BCUT2D eigenvalue weighted by atomic mass is 10.1. The topological polar surface area (TPSA) is 323 Å². The van der Waals surface area contributed by atoms with E-state index in [4.69, 9.17) is 22.3 Å². The van der Waals surface area contributed by atoms with Gasteiger partial charge in [-0.2, -0.15) is 0 Å². The van der Waals surface area contributed by atoms with E-state index in [-0.39, 0.29) is 31.3 Å². The predicted molar refractivity (Wildman–Crippen MR) is 158 cm³/mol. The molecule has 0 saturated carbocycles. The quantitative estimate of drug-likeness (QED) is 0.0380. The van der Waals surface area contributed by atoms with Gasteiger partial charge in [0, 0.05) is 13.1 Å². The first-order chi connectivity index (χ1) is 21.1. The maximum atomic E-state index is 12.9. The number of amides is 7. The molecule has 252 valence electrons. The second-order valence-electron chi connectivity index (χ2n) is 10.2. The van der Waals surface area contributed by atoms with Crippen molar-refractivity contribution in [3.8, 4) is 0 Å². The SMILES string of the molecule is C[C@H](N)C(=O)N1CCC[C@H]1C(=O)N[C@@H](C)C(=O)N[C@@H](CCCN=C(N)N)C(=O)NCC(=O)NCC(=O)NCC(=O)NCC(=O)O. The molecule has 45 heavy (non-hydrogen) atoms. The highest BCUT2D eigenvalue weighted by molar-refractivity contribution is 5.96. The summed E-state index contributed by atoms with van der Waals surface area (Å²) in [6.07, 6.45) is 1.32. The van der Waals surface area contributed by atoms with Crippen LogP contribution in [0.2, 0.25) is 0 Å². The van der Waals surface area contributed by atoms with E-state index in [9.17, 15) is 38.4 Å². The lowest BCUT2D eigenvalue weighted by molar-refractivity contribution is -0.140. The first kappa shape index (κ1) is 38.0. The molecule has 13 N–H and O–H groups in total. The van der Waals surface area contributed by atoms with Crippen molar-refractivity contribution in [3.63, 3.8) is 0 Å². The number of carbonyl (C=O) groups excluding carboxylic acids is 7. The number of carboxylic acid groups (broad SMARTS) is 1. The minimum Gasteiger partial charge on any atom is -0.480 e. The van der Waals surface area contributed by atoms with Crippen molar-refractivity contribution in [1.82, 2.24) is 36.8 Å². The molecule has 0 aromatic carbocycles. The number of likely N-dealkylation sites (tertiary alicyclic amines) is 1. The highest BCUT2D eigenvalue weighted by atomic mass is 16.4. The van der Waals surface area contributed by atoms with Gasteiger partial charge < -0.3 is 59.1 Å². The molecule has 1 fully saturated rings. The summed E-state index contributed by atoms with van der Waals surface area (Å²) in [6, 6.07) is -3.82. The highest BCUT2D eigenvalue weighted by Gasteiger charge is 2.36. The predicted octanol–water partition coefficient (Wildman–Crippen LogP) is -6.08. The summed E-state index contributed by atoms with van der Waals surface area (Å²) in [5, 5.41) is 22.4. The van der Waals surface area contributed by atoms with Crippen LogP contribution in [0.25, 0.3) is 0 Å². The molecule has 20 nitrogen and oxygen atoms in total. The normalized spacial score (nSPS) is 15.8. The average Bonchev–Trinajstić information content (AvgIpc) is 3.47. The second kappa shape index (κ2) is 19.3. The van der Waals surface area contributed by atoms with Gasteiger partial charge in [0.15, 0.2) is 5.96 Å². The van der Waals surface area contributed by atoms with Crippen molar-refractivity contribution >= 4 is 53.3 Å². The fourth-order valence-electron chi connectivity index (χ4n) is 4.02. The fraction of sp³-hybridized carbons (Fsp3) is 0.640. The number of nitrogens with two attached hydrogens (primary N) is 3. The number of nitrogens with zero attached hydrogens (tertiary/aromatic N) is 2. The largest absolute Gasteiger partial charge is 0.480 e. The van der Waals surface area contributed by atoms with E-state index in [2.05, 4.69) is 31.6 Å². The Kier molecular flexibility index (Phi) is 16.3. The van der Waals surface area contributed by atoms with Gasteiger partial charge in [-0.05, 0) is 39.5 Å². The number of hydrogen-bond acceptors (Lipinski definition) is 10. The van der Waals surface area contributed by atoms with Gasteiger partial charge in [-0.3, -0.25) is 43.3 Å². The van der Waals surface area contributed by atoms with Gasteiger partial charge in [0.25, 0.3) is 0 Å². The van der Waals surface area contributed by atoms with E-state index in [1.165, 1.54) is 18.7 Å². The number of carbonyl (C=O) groups is 8. The molecule has 1 rings (SSSR count). The third-order valence-corrected chi connectivity index (χ3v) is 6.31. The Morgan fingerprint density at radius 2 is 1.40 bits per heavy atom. The summed E-state index contributed by atoms with van der Waals surface area (Å²) >= 11 is 0. The zero-order chi connectivity index (χ0) is 34.1. The third kappa shape index (κ3) is 14.8. The van der Waals surface area contributed by atoms with Crippen LogP contribution in [0, 0.1) is 0 Å². The molecule has 1 aliphatic heterocycles. The number of rotatable bonds is 18. The van der Waals surface area contributed by atoms with E-state index >= 15 is 0 Å². The van der Waals surface area contributed by atoms with Crippen molar-refractivity contribution in [2.75, 3.05) is 39.3 Å². The average molecular weight is 642 g/mol. The van der Waals surface area contributed by atoms with Gasteiger partial charge in [0.2, 0.25) is 41.4 Å². The summed E-state index contributed by atoms with van der Waals surface area (Å²) in [6.45, 7) is 1.19. The van der Waals surface area contributed by atoms with Crippen LogP contribution in [0.4, 0.5) is 0 Å². The first-order valence-corrected chi connectivity index (χ1v) is 14.1. The van der Waals surface area contributed by atoms with Gasteiger partial charge in [-0.15, -0.1) is 0 Å². The summed E-state index contributed by atoms with van der Waals surface area (Å²) in [5.74, 6) is -6.06. The zero-order valence-corrected chi connectivity index (χ0v) is 25.2. The molecule has 0 aromatic rings. The van der Waals surface area contributed by atoms with Crippen molar-refractivity contribution < 1.29 is 43.5 Å². The fourth-order valence-corrected chi connectivity index (χ4v) is 4.02. The number of aliphatic carboxylic acids is 1. The molecular formula is C25H43N11O9. The Morgan fingerprint density at radius 1 is 0.844 bits per heavy atom. The van der Waals surface area contributed by atoms with Gasteiger partial charge in [0.05, 0.1) is 25.7 Å². The van der Waals surface area contributed by atoms with Crippen LogP contribution in [0.15, 0.2) is 4.99 Å². The number of aliphatic imine (C=N–C) groups is 1. The lowest BCUT2D eigenvalue weighted by Crippen LogP contribution is -2.56. The summed E-state index contributed by atoms with van der Waals surface area (Å²) < 4.78 is 0. The standard InChI is InChI=1S/C25H43N11O9/c1-13(26)24(45)36-8-4-6-16(36)23(44)34-14(2)21(42)35-15(5-3-7-29-25(27)28)22(43)33-11-19(39)31-9-17(37)30-10-18(38)32-12-20(40)41/h13-16H,3-12,26H2,1-2H3,(H,30,37)(H,31,39)(H,32,38)(H,33,43)(H,34,44)(H,35,42)(H,40,41)(H4,27,28,29)/t13-,14-,15-,16-/m0/s1. The van der Waals surface area contributed by atoms with E-state index in [1.54, 1.807) is 0 Å². The molecule has 20 heteroatoms. The third-order valence-electron chi connectivity index (χ3n) is 6.31. The van der Waals surface area contributed by atoms with Crippen LogP contribution >= 0.6 is 0 Å². The molecule has 0 spiro atoms. The molecule has 4 atom stereocenters. The highest BCUT2D eigenvalue weighted by Crippen LogP contribution is 2.18. The summed E-state index contributed by atoms with van der Waals surface area (Å²) in [7, 11) is 0. The lowest BCUT2D eigenvalue weighted by Gasteiger charge is -2.27. The molecule has 0 bridgehead atoms. The Balaban J connectivity index is 2.67.